The van der Waals surface area contributed by atoms with Crippen molar-refractivity contribution in [1.82, 2.24) is 0 Å². The molecule has 0 amide bonds. The molecule has 324 valence electrons. The second-order valence-corrected chi connectivity index (χ2v) is 19.1. The molecule has 2 aliphatic rings. The lowest BCUT2D eigenvalue weighted by Gasteiger charge is -2.33. The van der Waals surface area contributed by atoms with Crippen molar-refractivity contribution >= 4 is 70.9 Å². The van der Waals surface area contributed by atoms with E-state index in [4.69, 9.17) is 0 Å². The molecule has 70 heavy (non-hydrogen) atoms. The maximum absolute atomic E-state index is 2.57. The van der Waals surface area contributed by atoms with E-state index >= 15 is 0 Å². The Balaban J connectivity index is 1.08. The molecule has 0 unspecified atom stereocenters. The molecule has 1 nitrogen and oxygen atoms in total. The van der Waals surface area contributed by atoms with Crippen molar-refractivity contribution in [3.05, 3.63) is 283 Å². The van der Waals surface area contributed by atoms with Gasteiger partial charge >= 0.3 is 0 Å². The Morgan fingerprint density at radius 3 is 1.33 bits per heavy atom. The number of benzene rings is 13. The molecule has 0 saturated carbocycles. The summed E-state index contributed by atoms with van der Waals surface area (Å²) in [5, 5.41) is 12.5. The highest BCUT2D eigenvalue weighted by atomic mass is 15.1. The highest BCUT2D eigenvalue weighted by Crippen LogP contribution is 2.64. The zero-order valence-electron chi connectivity index (χ0n) is 38.3. The second kappa shape index (κ2) is 15.0. The fraction of sp³-hybridized carbons (Fsp3) is 0.0145. The van der Waals surface area contributed by atoms with Crippen LogP contribution < -0.4 is 4.90 Å². The molecule has 0 fully saturated rings. The lowest BCUT2D eigenvalue weighted by Crippen LogP contribution is -2.26. The van der Waals surface area contributed by atoms with Gasteiger partial charge in [-0.15, -0.1) is 0 Å². The average Bonchev–Trinajstić information content (AvgIpc) is 3.90. The van der Waals surface area contributed by atoms with Gasteiger partial charge < -0.3 is 4.90 Å². The van der Waals surface area contributed by atoms with Crippen LogP contribution in [0.4, 0.5) is 17.1 Å². The minimum absolute atomic E-state index is 0.521. The molecule has 0 atom stereocenters. The molecule has 15 rings (SSSR count). The lowest BCUT2D eigenvalue weighted by atomic mass is 9.70. The van der Waals surface area contributed by atoms with Gasteiger partial charge in [-0.1, -0.05) is 218 Å². The number of nitrogens with zero attached hydrogens (tertiary/aromatic N) is 1. The van der Waals surface area contributed by atoms with Crippen molar-refractivity contribution in [2.75, 3.05) is 4.90 Å². The van der Waals surface area contributed by atoms with Gasteiger partial charge in [-0.3, -0.25) is 0 Å². The molecule has 2 aliphatic carbocycles. The van der Waals surface area contributed by atoms with Gasteiger partial charge in [0.05, 0.1) is 11.1 Å². The first-order valence-corrected chi connectivity index (χ1v) is 24.4. The minimum Gasteiger partial charge on any atom is -0.310 e. The van der Waals surface area contributed by atoms with Gasteiger partial charge in [-0.2, -0.15) is 0 Å². The lowest BCUT2D eigenvalue weighted by molar-refractivity contribution is 0.794. The Hall–Kier alpha value is -9.04. The van der Waals surface area contributed by atoms with E-state index in [0.717, 1.165) is 17.1 Å². The van der Waals surface area contributed by atoms with Crippen LogP contribution in [0, 0.1) is 0 Å². The van der Waals surface area contributed by atoms with E-state index in [1.165, 1.54) is 121 Å². The van der Waals surface area contributed by atoms with E-state index in [9.17, 15) is 0 Å². The van der Waals surface area contributed by atoms with Gasteiger partial charge in [-0.05, 0) is 158 Å². The first-order valence-electron chi connectivity index (χ1n) is 24.4. The quantitative estimate of drug-likeness (QED) is 0.156. The van der Waals surface area contributed by atoms with Crippen LogP contribution in [0.25, 0.3) is 98.4 Å². The Labute approximate surface area is 406 Å². The zero-order valence-corrected chi connectivity index (χ0v) is 38.3. The molecule has 1 heteroatoms. The van der Waals surface area contributed by atoms with Crippen molar-refractivity contribution in [2.24, 2.45) is 0 Å². The summed E-state index contributed by atoms with van der Waals surface area (Å²) in [6, 6.07) is 97.8. The van der Waals surface area contributed by atoms with E-state index in [1.807, 2.05) is 0 Å². The Bertz CT molecular complexity index is 4210. The van der Waals surface area contributed by atoms with Crippen molar-refractivity contribution in [3.8, 4) is 44.5 Å². The van der Waals surface area contributed by atoms with Crippen LogP contribution in [0.3, 0.4) is 0 Å². The van der Waals surface area contributed by atoms with E-state index in [1.54, 1.807) is 0 Å². The largest absolute Gasteiger partial charge is 0.310 e. The van der Waals surface area contributed by atoms with Crippen LogP contribution in [-0.2, 0) is 5.41 Å². The summed E-state index contributed by atoms with van der Waals surface area (Å²) >= 11 is 0. The van der Waals surface area contributed by atoms with Crippen molar-refractivity contribution < 1.29 is 0 Å². The van der Waals surface area contributed by atoms with Gasteiger partial charge in [0.2, 0.25) is 0 Å². The first-order chi connectivity index (χ1) is 34.7. The SMILES string of the molecule is c1ccc(-c2ccc(N(c3ccc4c5ccccc5c5ccccc5c4c3)c3cc4c(cc3-c3ccc5ccc6ccccc6c5c3)-c3ccccc3C43c4ccccc4-c4ccccc43)cc2)cc1. The van der Waals surface area contributed by atoms with Crippen molar-refractivity contribution in [3.63, 3.8) is 0 Å². The summed E-state index contributed by atoms with van der Waals surface area (Å²) in [5.74, 6) is 0. The smallest absolute Gasteiger partial charge is 0.0726 e. The molecule has 0 saturated heterocycles. The third-order valence-corrected chi connectivity index (χ3v) is 15.6. The van der Waals surface area contributed by atoms with E-state index in [2.05, 4.69) is 266 Å². The van der Waals surface area contributed by atoms with Gasteiger partial charge in [-0.25, -0.2) is 0 Å². The standard InChI is InChI=1S/C69H43N/c1-2-16-44(17-3-1)45-34-36-49(37-35-45)70(50-38-39-56-54-22-7-6-20-52(54)53-21-8-9-23-55(53)62(56)41-50)68-43-67-63(42-61(68)48-33-32-47-31-30-46-18-4-5-19-51(46)60(47)40-48)59-26-12-15-29-66(59)69(67)64-27-13-10-24-57(64)58-25-11-14-28-65(58)69/h1-43H. The number of hydrogen-bond acceptors (Lipinski definition) is 1. The van der Waals surface area contributed by atoms with Crippen LogP contribution in [-0.4, -0.2) is 0 Å². The normalized spacial score (nSPS) is 13.0. The molecule has 0 bridgehead atoms. The maximum atomic E-state index is 2.57. The van der Waals surface area contributed by atoms with Crippen molar-refractivity contribution in [1.29, 1.82) is 0 Å². The summed E-state index contributed by atoms with van der Waals surface area (Å²) in [7, 11) is 0. The van der Waals surface area contributed by atoms with Crippen molar-refractivity contribution in [2.45, 2.75) is 5.41 Å². The molecular weight excluding hydrogens is 843 g/mol. The minimum atomic E-state index is -0.521. The predicted molar refractivity (Wildman–Crippen MR) is 296 cm³/mol. The highest BCUT2D eigenvalue weighted by Gasteiger charge is 2.52. The van der Waals surface area contributed by atoms with Gasteiger partial charge in [0.15, 0.2) is 0 Å². The van der Waals surface area contributed by atoms with E-state index in [-0.39, 0.29) is 0 Å². The summed E-state index contributed by atoms with van der Waals surface area (Å²) in [6.45, 7) is 0. The summed E-state index contributed by atoms with van der Waals surface area (Å²) in [6.07, 6.45) is 0. The Kier molecular flexibility index (Phi) is 8.35. The average molecular weight is 886 g/mol. The summed E-state index contributed by atoms with van der Waals surface area (Å²) in [5.41, 5.74) is 18.0. The Morgan fingerprint density at radius 1 is 0.229 bits per heavy atom. The van der Waals surface area contributed by atoms with E-state index < -0.39 is 5.41 Å². The zero-order chi connectivity index (χ0) is 45.9. The van der Waals surface area contributed by atoms with E-state index in [0.29, 0.717) is 0 Å². The molecule has 13 aromatic carbocycles. The highest BCUT2D eigenvalue weighted by molar-refractivity contribution is 6.26. The Morgan fingerprint density at radius 2 is 0.686 bits per heavy atom. The molecule has 0 aromatic heterocycles. The third-order valence-electron chi connectivity index (χ3n) is 15.6. The maximum Gasteiger partial charge on any atom is 0.0726 e. The number of anilines is 3. The topological polar surface area (TPSA) is 3.24 Å². The van der Waals surface area contributed by atoms with Crippen LogP contribution >= 0.6 is 0 Å². The number of rotatable bonds is 5. The van der Waals surface area contributed by atoms with Crippen LogP contribution in [0.2, 0.25) is 0 Å². The fourth-order valence-electron chi connectivity index (χ4n) is 12.6. The fourth-order valence-corrected chi connectivity index (χ4v) is 12.6. The molecule has 0 radical (unpaired) electrons. The summed E-state index contributed by atoms with van der Waals surface area (Å²) < 4.78 is 0. The van der Waals surface area contributed by atoms with Gasteiger partial charge in [0.1, 0.15) is 0 Å². The molecule has 13 aromatic rings. The molecule has 0 N–H and O–H groups in total. The van der Waals surface area contributed by atoms with Crippen LogP contribution in [0.15, 0.2) is 261 Å². The number of hydrogen-bond donors (Lipinski definition) is 0. The van der Waals surface area contributed by atoms with Crippen LogP contribution in [0.5, 0.6) is 0 Å². The predicted octanol–water partition coefficient (Wildman–Crippen LogP) is 18.6. The van der Waals surface area contributed by atoms with Gasteiger partial charge in [0.25, 0.3) is 0 Å². The molecular formula is C69H43N. The summed E-state index contributed by atoms with van der Waals surface area (Å²) in [4.78, 5) is 2.55. The van der Waals surface area contributed by atoms with Crippen LogP contribution in [0.1, 0.15) is 22.3 Å². The van der Waals surface area contributed by atoms with Gasteiger partial charge in [0, 0.05) is 16.9 Å². The molecule has 0 aliphatic heterocycles. The second-order valence-electron chi connectivity index (χ2n) is 19.1. The number of fused-ring (bicyclic) bond motifs is 19. The monoisotopic (exact) mass is 885 g/mol. The molecule has 1 spiro atoms. The first kappa shape index (κ1) is 39.0. The third kappa shape index (κ3) is 5.49. The molecule has 0 heterocycles.